The topological polar surface area (TPSA) is 52.6 Å². The maximum absolute atomic E-state index is 6.79. The average Bonchev–Trinajstić information content (AvgIpc) is 3.06. The van der Waals surface area contributed by atoms with Crippen molar-refractivity contribution in [3.63, 3.8) is 0 Å². The van der Waals surface area contributed by atoms with Crippen LogP contribution in [0.1, 0.15) is 57.8 Å². The molecule has 0 amide bonds. The lowest BCUT2D eigenvalue weighted by atomic mass is 9.53. The van der Waals surface area contributed by atoms with Gasteiger partial charge in [0.25, 0.3) is 0 Å². The summed E-state index contributed by atoms with van der Waals surface area (Å²) in [7, 11) is 0. The molecule has 0 unspecified atom stereocenters. The van der Waals surface area contributed by atoms with Gasteiger partial charge < -0.3 is 10.1 Å². The molecule has 6 fully saturated rings. The molecule has 5 nitrogen and oxygen atoms in total. The molecule has 1 aliphatic heterocycles. The first-order valence-electron chi connectivity index (χ1n) is 10.9. The number of nitrogens with one attached hydrogen (secondary N) is 1. The van der Waals surface area contributed by atoms with Crippen molar-refractivity contribution in [2.24, 2.45) is 29.6 Å². The molecule has 4 bridgehead atoms. The zero-order chi connectivity index (χ0) is 17.9. The maximum atomic E-state index is 6.79. The van der Waals surface area contributed by atoms with Crippen molar-refractivity contribution >= 4 is 5.69 Å². The number of hydrogen-bond acceptors (Lipinski definition) is 5. The highest BCUT2D eigenvalue weighted by Gasteiger charge is 2.66. The number of rotatable bonds is 3. The predicted octanol–water partition coefficient (Wildman–Crippen LogP) is 4.51. The molecule has 1 saturated heterocycles. The van der Waals surface area contributed by atoms with E-state index in [0.717, 1.165) is 49.8 Å². The van der Waals surface area contributed by atoms with E-state index in [4.69, 9.17) is 14.5 Å². The largest absolute Gasteiger partial charge is 0.384 e. The molecule has 27 heavy (non-hydrogen) atoms. The second-order valence-electron chi connectivity index (χ2n) is 9.77. The van der Waals surface area contributed by atoms with E-state index in [1.807, 2.05) is 18.5 Å². The van der Waals surface area contributed by atoms with E-state index in [2.05, 4.69) is 16.4 Å². The van der Waals surface area contributed by atoms with Crippen LogP contribution in [0, 0.1) is 29.6 Å². The monoisotopic (exact) mass is 370 g/mol. The van der Waals surface area contributed by atoms with Crippen molar-refractivity contribution in [3.8, 4) is 0 Å². The Labute approximate surface area is 161 Å². The molecular formula is C22H30N2O3. The normalized spacial score (nSPS) is 47.8. The lowest BCUT2D eigenvalue weighted by Gasteiger charge is -2.57. The zero-order valence-corrected chi connectivity index (χ0v) is 15.9. The van der Waals surface area contributed by atoms with Gasteiger partial charge in [-0.05, 0) is 74.8 Å². The minimum Gasteiger partial charge on any atom is -0.384 e. The summed E-state index contributed by atoms with van der Waals surface area (Å²) in [5.41, 5.74) is 1.10. The Balaban J connectivity index is 1.09. The van der Waals surface area contributed by atoms with Gasteiger partial charge in [-0.15, -0.1) is 0 Å². The lowest BCUT2D eigenvalue weighted by molar-refractivity contribution is -0.390. The number of ether oxygens (including phenoxy) is 1. The number of nitrogens with zero attached hydrogens (tertiary/aromatic N) is 1. The molecular weight excluding hydrogens is 340 g/mol. The Morgan fingerprint density at radius 1 is 1.00 bits per heavy atom. The highest BCUT2D eigenvalue weighted by Crippen LogP contribution is 2.63. The Morgan fingerprint density at radius 3 is 2.41 bits per heavy atom. The molecule has 2 heterocycles. The molecule has 1 aromatic rings. The van der Waals surface area contributed by atoms with Crippen LogP contribution in [0.2, 0.25) is 0 Å². The summed E-state index contributed by atoms with van der Waals surface area (Å²) in [6.07, 6.45) is 14.4. The molecule has 5 aliphatic carbocycles. The third-order valence-corrected chi connectivity index (χ3v) is 8.07. The van der Waals surface area contributed by atoms with Crippen molar-refractivity contribution in [2.45, 2.75) is 69.4 Å². The van der Waals surface area contributed by atoms with Crippen LogP contribution < -0.4 is 5.32 Å². The van der Waals surface area contributed by atoms with E-state index >= 15 is 0 Å². The minimum atomic E-state index is -0.486. The van der Waals surface area contributed by atoms with Crippen molar-refractivity contribution in [1.29, 1.82) is 0 Å². The molecule has 0 aromatic carbocycles. The zero-order valence-electron chi connectivity index (χ0n) is 15.9. The van der Waals surface area contributed by atoms with Crippen LogP contribution in [0.25, 0.3) is 0 Å². The van der Waals surface area contributed by atoms with Gasteiger partial charge in [0.05, 0.1) is 5.69 Å². The van der Waals surface area contributed by atoms with Crippen molar-refractivity contribution in [3.05, 3.63) is 24.5 Å². The summed E-state index contributed by atoms with van der Waals surface area (Å²) in [4.78, 5) is 16.3. The standard InChI is InChI=1S/C22H30N2O3/c1-2-20(14-23-7-1)24-13-15-3-5-21(6-4-15)25-22(27-26-21)18-9-16-8-17(11-18)12-19(22)10-16/h1-2,7,14-19,24H,3-6,8-13H2. The van der Waals surface area contributed by atoms with E-state index < -0.39 is 11.6 Å². The van der Waals surface area contributed by atoms with E-state index in [-0.39, 0.29) is 0 Å². The fraction of sp³-hybridized carbons (Fsp3) is 0.773. The minimum absolute atomic E-state index is 0.422. The number of pyridine rings is 1. The van der Waals surface area contributed by atoms with Crippen LogP contribution in [-0.2, 0) is 14.5 Å². The number of hydrogen-bond donors (Lipinski definition) is 1. The highest BCUT2D eigenvalue weighted by atomic mass is 17.3. The summed E-state index contributed by atoms with van der Waals surface area (Å²) in [6.45, 7) is 0.988. The summed E-state index contributed by atoms with van der Waals surface area (Å²) < 4.78 is 6.79. The third kappa shape index (κ3) is 2.73. The van der Waals surface area contributed by atoms with E-state index in [0.29, 0.717) is 17.8 Å². The third-order valence-electron chi connectivity index (χ3n) is 8.07. The van der Waals surface area contributed by atoms with Crippen molar-refractivity contribution < 1.29 is 14.5 Å². The Morgan fingerprint density at radius 2 is 1.74 bits per heavy atom. The van der Waals surface area contributed by atoms with Gasteiger partial charge in [0.1, 0.15) is 0 Å². The molecule has 146 valence electrons. The van der Waals surface area contributed by atoms with Gasteiger partial charge in [-0.3, -0.25) is 4.98 Å². The molecule has 7 rings (SSSR count). The summed E-state index contributed by atoms with van der Waals surface area (Å²) >= 11 is 0. The van der Waals surface area contributed by atoms with Crippen LogP contribution in [0.5, 0.6) is 0 Å². The molecule has 5 heteroatoms. The quantitative estimate of drug-likeness (QED) is 0.794. The average molecular weight is 370 g/mol. The fourth-order valence-electron chi connectivity index (χ4n) is 6.85. The van der Waals surface area contributed by atoms with E-state index in [1.54, 1.807) is 0 Å². The van der Waals surface area contributed by atoms with Crippen LogP contribution in [0.3, 0.4) is 0 Å². The Kier molecular flexibility index (Phi) is 3.82. The molecule has 5 saturated carbocycles. The Bertz CT molecular complexity index is 658. The van der Waals surface area contributed by atoms with Crippen LogP contribution in [0.4, 0.5) is 5.69 Å². The molecule has 1 N–H and O–H groups in total. The first-order chi connectivity index (χ1) is 13.2. The molecule has 2 spiro atoms. The van der Waals surface area contributed by atoms with Crippen molar-refractivity contribution in [1.82, 2.24) is 4.98 Å². The first-order valence-corrected chi connectivity index (χ1v) is 10.9. The first kappa shape index (κ1) is 16.8. The summed E-state index contributed by atoms with van der Waals surface area (Å²) in [5.74, 6) is 2.68. The highest BCUT2D eigenvalue weighted by molar-refractivity contribution is 5.39. The second-order valence-corrected chi connectivity index (χ2v) is 9.77. The Hall–Kier alpha value is -1.17. The van der Waals surface area contributed by atoms with Gasteiger partial charge in [0.15, 0.2) is 0 Å². The number of aromatic nitrogens is 1. The van der Waals surface area contributed by atoms with E-state index in [1.165, 1.54) is 32.1 Å². The van der Waals surface area contributed by atoms with Crippen LogP contribution >= 0.6 is 0 Å². The lowest BCUT2D eigenvalue weighted by Crippen LogP contribution is -2.59. The second kappa shape index (κ2) is 6.16. The summed E-state index contributed by atoms with van der Waals surface area (Å²) in [5, 5.41) is 3.52. The van der Waals surface area contributed by atoms with Gasteiger partial charge in [-0.1, -0.05) is 0 Å². The van der Waals surface area contributed by atoms with Gasteiger partial charge in [0, 0.05) is 43.6 Å². The predicted molar refractivity (Wildman–Crippen MR) is 100 cm³/mol. The van der Waals surface area contributed by atoms with Gasteiger partial charge in [0.2, 0.25) is 11.6 Å². The van der Waals surface area contributed by atoms with Crippen LogP contribution in [0.15, 0.2) is 24.5 Å². The molecule has 1 aromatic heterocycles. The van der Waals surface area contributed by atoms with Gasteiger partial charge in [-0.25, -0.2) is 0 Å². The van der Waals surface area contributed by atoms with Gasteiger partial charge in [-0.2, -0.15) is 9.78 Å². The maximum Gasteiger partial charge on any atom is 0.210 e. The molecule has 0 radical (unpaired) electrons. The molecule has 6 aliphatic rings. The number of anilines is 1. The SMILES string of the molecule is c1cncc(NCC2CCC3(CC2)OOC2(O3)C3CC4CC(C3)CC2C4)c1. The van der Waals surface area contributed by atoms with Crippen molar-refractivity contribution in [2.75, 3.05) is 11.9 Å². The fourth-order valence-corrected chi connectivity index (χ4v) is 6.85. The van der Waals surface area contributed by atoms with E-state index in [9.17, 15) is 0 Å². The molecule has 0 atom stereocenters. The smallest absolute Gasteiger partial charge is 0.210 e. The van der Waals surface area contributed by atoms with Crippen LogP contribution in [-0.4, -0.2) is 23.1 Å². The summed E-state index contributed by atoms with van der Waals surface area (Å²) in [6, 6.07) is 4.05. The van der Waals surface area contributed by atoms with Gasteiger partial charge >= 0.3 is 0 Å².